The molecule has 0 radical (unpaired) electrons. The van der Waals surface area contributed by atoms with Gasteiger partial charge in [-0.2, -0.15) is 4.98 Å². The number of rotatable bonds is 5. The van der Waals surface area contributed by atoms with Crippen molar-refractivity contribution in [2.75, 3.05) is 37.7 Å². The van der Waals surface area contributed by atoms with E-state index >= 15 is 0 Å². The molecule has 0 amide bonds. The minimum absolute atomic E-state index is 0.191. The summed E-state index contributed by atoms with van der Waals surface area (Å²) in [6.45, 7) is 8.53. The number of benzene rings is 1. The fraction of sp³-hybridized carbons (Fsp3) is 0.600. The summed E-state index contributed by atoms with van der Waals surface area (Å²) in [5.41, 5.74) is 2.26. The largest absolute Gasteiger partial charge is 0.338 e. The highest BCUT2D eigenvalue weighted by Crippen LogP contribution is 2.22. The van der Waals surface area contributed by atoms with Crippen LogP contribution < -0.4 is 0 Å². The van der Waals surface area contributed by atoms with E-state index in [1.54, 1.807) is 0 Å². The Morgan fingerprint density at radius 2 is 1.86 bits per heavy atom. The first-order chi connectivity index (χ1) is 13.4. The fourth-order valence-corrected chi connectivity index (χ4v) is 5.76. The molecule has 0 spiro atoms. The third kappa shape index (κ3) is 4.45. The van der Waals surface area contributed by atoms with E-state index in [4.69, 9.17) is 4.52 Å². The van der Waals surface area contributed by atoms with E-state index in [1.807, 2.05) is 12.1 Å². The first-order valence-corrected chi connectivity index (χ1v) is 11.8. The van der Waals surface area contributed by atoms with Gasteiger partial charge >= 0.3 is 0 Å². The number of piperazine rings is 1. The van der Waals surface area contributed by atoms with Crippen molar-refractivity contribution in [3.63, 3.8) is 0 Å². The summed E-state index contributed by atoms with van der Waals surface area (Å²) in [6.07, 6.45) is 0.769. The van der Waals surface area contributed by atoms with Crippen molar-refractivity contribution in [3.05, 3.63) is 35.7 Å². The van der Waals surface area contributed by atoms with Gasteiger partial charge in [0.15, 0.2) is 9.84 Å². The number of nitrogens with zero attached hydrogens (tertiary/aromatic N) is 4. The fourth-order valence-electron chi connectivity index (χ4n) is 3.99. The van der Waals surface area contributed by atoms with E-state index in [2.05, 4.69) is 45.9 Å². The lowest BCUT2D eigenvalue weighted by molar-refractivity contribution is 0.0926. The zero-order valence-corrected chi connectivity index (χ0v) is 17.4. The van der Waals surface area contributed by atoms with Crippen molar-refractivity contribution in [3.8, 4) is 11.4 Å². The molecule has 152 valence electrons. The summed E-state index contributed by atoms with van der Waals surface area (Å²) >= 11 is 0. The third-order valence-corrected chi connectivity index (χ3v) is 7.54. The van der Waals surface area contributed by atoms with Crippen LogP contribution in [0.15, 0.2) is 28.8 Å². The van der Waals surface area contributed by atoms with E-state index in [1.165, 1.54) is 5.56 Å². The van der Waals surface area contributed by atoms with Crippen LogP contribution in [0, 0.1) is 0 Å². The molecule has 1 aromatic carbocycles. The zero-order valence-electron chi connectivity index (χ0n) is 16.5. The maximum atomic E-state index is 11.7. The molecule has 0 saturated carbocycles. The second-order valence-corrected chi connectivity index (χ2v) is 10.4. The predicted octanol–water partition coefficient (Wildman–Crippen LogP) is 2.16. The van der Waals surface area contributed by atoms with Gasteiger partial charge in [-0.3, -0.25) is 9.80 Å². The van der Waals surface area contributed by atoms with Crippen LogP contribution in [-0.4, -0.2) is 72.1 Å². The van der Waals surface area contributed by atoms with E-state index in [9.17, 15) is 8.42 Å². The molecular weight excluding hydrogens is 376 g/mol. The van der Waals surface area contributed by atoms with Gasteiger partial charge in [0, 0.05) is 37.8 Å². The Kier molecular flexibility index (Phi) is 5.53. The Morgan fingerprint density at radius 3 is 2.46 bits per heavy atom. The summed E-state index contributed by atoms with van der Waals surface area (Å²) in [5, 5.41) is 4.13. The molecule has 2 fully saturated rings. The summed E-state index contributed by atoms with van der Waals surface area (Å²) in [7, 11) is -2.83. The Morgan fingerprint density at radius 1 is 1.14 bits per heavy atom. The van der Waals surface area contributed by atoms with Crippen molar-refractivity contribution < 1.29 is 12.9 Å². The third-order valence-electron chi connectivity index (χ3n) is 5.79. The topological polar surface area (TPSA) is 79.5 Å². The normalized spacial score (nSPS) is 23.5. The van der Waals surface area contributed by atoms with E-state index in [0.29, 0.717) is 35.7 Å². The van der Waals surface area contributed by atoms with Crippen molar-refractivity contribution in [2.24, 2.45) is 0 Å². The molecule has 1 atom stereocenters. The minimum atomic E-state index is -2.83. The van der Waals surface area contributed by atoms with Gasteiger partial charge in [0.2, 0.25) is 11.7 Å². The highest BCUT2D eigenvalue weighted by atomic mass is 32.2. The monoisotopic (exact) mass is 404 g/mol. The van der Waals surface area contributed by atoms with Crippen molar-refractivity contribution in [1.82, 2.24) is 19.9 Å². The molecule has 7 nitrogen and oxygen atoms in total. The van der Waals surface area contributed by atoms with E-state index < -0.39 is 9.84 Å². The maximum absolute atomic E-state index is 11.7. The molecule has 2 aliphatic heterocycles. The average Bonchev–Trinajstić information content (AvgIpc) is 3.29. The van der Waals surface area contributed by atoms with Gasteiger partial charge in [0.05, 0.1) is 18.1 Å². The Labute approximate surface area is 166 Å². The highest BCUT2D eigenvalue weighted by Gasteiger charge is 2.33. The molecule has 0 bridgehead atoms. The summed E-state index contributed by atoms with van der Waals surface area (Å²) in [4.78, 5) is 9.16. The lowest BCUT2D eigenvalue weighted by Crippen LogP contribution is -2.50. The van der Waals surface area contributed by atoms with Crippen LogP contribution in [0.2, 0.25) is 0 Å². The quantitative estimate of drug-likeness (QED) is 0.755. The van der Waals surface area contributed by atoms with Gasteiger partial charge in [0.1, 0.15) is 0 Å². The lowest BCUT2D eigenvalue weighted by Gasteiger charge is -2.37. The van der Waals surface area contributed by atoms with E-state index in [0.717, 1.165) is 38.2 Å². The average molecular weight is 405 g/mol. The Balaban J connectivity index is 1.31. The number of aromatic nitrogens is 2. The van der Waals surface area contributed by atoms with Crippen molar-refractivity contribution >= 4 is 9.84 Å². The molecule has 0 aliphatic carbocycles. The van der Waals surface area contributed by atoms with Crippen LogP contribution >= 0.6 is 0 Å². The van der Waals surface area contributed by atoms with Gasteiger partial charge in [-0.1, -0.05) is 43.3 Å². The van der Waals surface area contributed by atoms with Gasteiger partial charge in [-0.25, -0.2) is 8.42 Å². The summed E-state index contributed by atoms with van der Waals surface area (Å²) in [5.74, 6) is 2.40. The van der Waals surface area contributed by atoms with Gasteiger partial charge < -0.3 is 4.52 Å². The lowest BCUT2D eigenvalue weighted by atomic mass is 10.0. The van der Waals surface area contributed by atoms with Crippen LogP contribution in [0.4, 0.5) is 0 Å². The molecule has 2 aromatic rings. The minimum Gasteiger partial charge on any atom is -0.338 e. The predicted molar refractivity (Wildman–Crippen MR) is 108 cm³/mol. The smallest absolute Gasteiger partial charge is 0.241 e. The summed E-state index contributed by atoms with van der Waals surface area (Å²) < 4.78 is 28.8. The van der Waals surface area contributed by atoms with Gasteiger partial charge in [0.25, 0.3) is 0 Å². The molecule has 1 unspecified atom stereocenters. The molecule has 3 heterocycles. The zero-order chi connectivity index (χ0) is 19.7. The van der Waals surface area contributed by atoms with E-state index in [-0.39, 0.29) is 6.04 Å². The number of hydrogen-bond acceptors (Lipinski definition) is 7. The van der Waals surface area contributed by atoms with Gasteiger partial charge in [-0.15, -0.1) is 0 Å². The van der Waals surface area contributed by atoms with Crippen LogP contribution in [0.5, 0.6) is 0 Å². The Hall–Kier alpha value is -1.77. The number of hydrogen-bond donors (Lipinski definition) is 0. The van der Waals surface area contributed by atoms with Crippen molar-refractivity contribution in [2.45, 2.75) is 38.8 Å². The molecular formula is C20H28N4O3S. The van der Waals surface area contributed by atoms with Crippen LogP contribution in [-0.2, 0) is 16.4 Å². The second-order valence-electron chi connectivity index (χ2n) is 8.16. The summed E-state index contributed by atoms with van der Waals surface area (Å²) in [6, 6.07) is 8.49. The highest BCUT2D eigenvalue weighted by molar-refractivity contribution is 7.91. The maximum Gasteiger partial charge on any atom is 0.241 e. The first kappa shape index (κ1) is 19.5. The molecule has 1 aromatic heterocycles. The molecule has 8 heteroatoms. The molecule has 28 heavy (non-hydrogen) atoms. The number of sulfone groups is 1. The standard InChI is InChI=1S/C20H28N4O3S/c1-15(2)16-3-5-17(6-4-16)20-21-19(27-22-20)13-23-8-10-24(11-9-23)18-7-12-28(25,26)14-18/h3-6,15,18H,7-14H2,1-2H3. The molecule has 0 N–H and O–H groups in total. The molecule has 2 aliphatic rings. The van der Waals surface area contributed by atoms with Crippen LogP contribution in [0.25, 0.3) is 11.4 Å². The van der Waals surface area contributed by atoms with Gasteiger partial charge in [-0.05, 0) is 17.9 Å². The second kappa shape index (κ2) is 7.93. The molecule has 2 saturated heterocycles. The van der Waals surface area contributed by atoms with Crippen LogP contribution in [0.3, 0.4) is 0 Å². The Bertz CT molecular complexity index is 900. The molecule has 4 rings (SSSR count). The van der Waals surface area contributed by atoms with Crippen molar-refractivity contribution in [1.29, 1.82) is 0 Å². The van der Waals surface area contributed by atoms with Crippen LogP contribution in [0.1, 0.15) is 37.6 Å². The first-order valence-electron chi connectivity index (χ1n) is 9.99. The SMILES string of the molecule is CC(C)c1ccc(-c2noc(CN3CCN(C4CCS(=O)(=O)C4)CC3)n2)cc1.